The molecule has 3 aromatic rings. The van der Waals surface area contributed by atoms with Crippen LogP contribution in [0, 0.1) is 0 Å². The van der Waals surface area contributed by atoms with E-state index >= 15 is 0 Å². The summed E-state index contributed by atoms with van der Waals surface area (Å²) in [5.74, 6) is 0. The third-order valence-electron chi connectivity index (χ3n) is 5.46. The van der Waals surface area contributed by atoms with Gasteiger partial charge in [-0.1, -0.05) is 91.0 Å². The van der Waals surface area contributed by atoms with Crippen LogP contribution in [-0.2, 0) is 19.8 Å². The topological polar surface area (TPSA) is 47.9 Å². The summed E-state index contributed by atoms with van der Waals surface area (Å²) in [6, 6.07) is 30.5. The van der Waals surface area contributed by atoms with Crippen molar-refractivity contribution in [1.82, 2.24) is 0 Å². The van der Waals surface area contributed by atoms with E-state index in [1.54, 1.807) is 7.11 Å². The van der Waals surface area contributed by atoms with Crippen molar-refractivity contribution in [2.75, 3.05) is 13.7 Å². The summed E-state index contributed by atoms with van der Waals surface area (Å²) in [7, 11) is 1.59. The van der Waals surface area contributed by atoms with Gasteiger partial charge in [0, 0.05) is 13.5 Å². The number of aliphatic hydroxyl groups excluding tert-OH is 1. The minimum Gasteiger partial charge on any atom is -0.390 e. The van der Waals surface area contributed by atoms with Crippen molar-refractivity contribution in [2.24, 2.45) is 0 Å². The lowest BCUT2D eigenvalue weighted by molar-refractivity contribution is -0.144. The van der Waals surface area contributed by atoms with Crippen molar-refractivity contribution in [2.45, 2.75) is 30.5 Å². The highest BCUT2D eigenvalue weighted by Gasteiger charge is 2.41. The number of rotatable bonds is 7. The molecule has 1 N–H and O–H groups in total. The molecule has 3 aromatic carbocycles. The smallest absolute Gasteiger partial charge is 0.160 e. The molecule has 0 saturated carbocycles. The van der Waals surface area contributed by atoms with E-state index in [1.807, 2.05) is 54.6 Å². The van der Waals surface area contributed by atoms with Crippen LogP contribution in [0.4, 0.5) is 0 Å². The van der Waals surface area contributed by atoms with Crippen LogP contribution in [0.5, 0.6) is 0 Å². The van der Waals surface area contributed by atoms with Crippen LogP contribution in [0.1, 0.15) is 23.1 Å². The van der Waals surface area contributed by atoms with E-state index in [9.17, 15) is 5.11 Å². The second kappa shape index (κ2) is 8.89. The molecule has 29 heavy (non-hydrogen) atoms. The Hall–Kier alpha value is -2.50. The maximum Gasteiger partial charge on any atom is 0.160 e. The summed E-state index contributed by atoms with van der Waals surface area (Å²) in [4.78, 5) is 0. The molecule has 4 nitrogen and oxygen atoms in total. The molecular weight excluding hydrogens is 364 g/mol. The number of hydrogen-bond acceptors (Lipinski definition) is 4. The van der Waals surface area contributed by atoms with Crippen molar-refractivity contribution >= 4 is 0 Å². The summed E-state index contributed by atoms with van der Waals surface area (Å²) < 4.78 is 17.8. The lowest BCUT2D eigenvalue weighted by atomic mass is 9.80. The van der Waals surface area contributed by atoms with Gasteiger partial charge in [-0.25, -0.2) is 0 Å². The minimum atomic E-state index is -0.821. The van der Waals surface area contributed by atoms with Gasteiger partial charge in [-0.2, -0.15) is 0 Å². The van der Waals surface area contributed by atoms with Crippen LogP contribution in [0.25, 0.3) is 0 Å². The Morgan fingerprint density at radius 2 is 1.28 bits per heavy atom. The number of hydrogen-bond donors (Lipinski definition) is 1. The molecule has 0 aliphatic carbocycles. The molecule has 0 spiro atoms. The molecule has 1 aliphatic heterocycles. The number of benzene rings is 3. The Balaban J connectivity index is 1.78. The van der Waals surface area contributed by atoms with Crippen LogP contribution in [0.3, 0.4) is 0 Å². The molecule has 1 unspecified atom stereocenters. The third-order valence-corrected chi connectivity index (χ3v) is 5.46. The monoisotopic (exact) mass is 390 g/mol. The molecule has 3 atom stereocenters. The predicted octanol–water partition coefficient (Wildman–Crippen LogP) is 4.12. The van der Waals surface area contributed by atoms with E-state index in [4.69, 9.17) is 14.2 Å². The van der Waals surface area contributed by atoms with Crippen LogP contribution >= 0.6 is 0 Å². The van der Waals surface area contributed by atoms with Gasteiger partial charge >= 0.3 is 0 Å². The van der Waals surface area contributed by atoms with Crippen molar-refractivity contribution in [3.63, 3.8) is 0 Å². The summed E-state index contributed by atoms with van der Waals surface area (Å²) >= 11 is 0. The Kier molecular flexibility index (Phi) is 6.07. The fourth-order valence-corrected chi connectivity index (χ4v) is 3.97. The van der Waals surface area contributed by atoms with Crippen LogP contribution in [-0.4, -0.2) is 37.3 Å². The largest absolute Gasteiger partial charge is 0.390 e. The molecule has 4 rings (SSSR count). The lowest BCUT2D eigenvalue weighted by Crippen LogP contribution is -2.38. The van der Waals surface area contributed by atoms with Gasteiger partial charge in [0.1, 0.15) is 11.7 Å². The molecule has 0 amide bonds. The molecule has 1 fully saturated rings. The molecule has 0 radical (unpaired) electrons. The number of ether oxygens (including phenoxy) is 3. The van der Waals surface area contributed by atoms with E-state index in [-0.39, 0.29) is 6.61 Å². The van der Waals surface area contributed by atoms with Crippen LogP contribution < -0.4 is 0 Å². The number of aliphatic hydroxyl groups is 1. The highest BCUT2D eigenvalue weighted by molar-refractivity contribution is 5.47. The van der Waals surface area contributed by atoms with Gasteiger partial charge in [-0.3, -0.25) is 0 Å². The normalized spacial score (nSPS) is 21.9. The highest BCUT2D eigenvalue weighted by Crippen LogP contribution is 2.41. The van der Waals surface area contributed by atoms with E-state index < -0.39 is 24.1 Å². The first-order chi connectivity index (χ1) is 14.2. The highest BCUT2D eigenvalue weighted by atomic mass is 16.7. The average molecular weight is 390 g/mol. The van der Waals surface area contributed by atoms with Gasteiger partial charge in [0.05, 0.1) is 12.7 Å². The summed E-state index contributed by atoms with van der Waals surface area (Å²) in [6.07, 6.45) is -1.03. The summed E-state index contributed by atoms with van der Waals surface area (Å²) in [5.41, 5.74) is 2.24. The van der Waals surface area contributed by atoms with Gasteiger partial charge < -0.3 is 19.3 Å². The molecule has 150 valence electrons. The average Bonchev–Trinajstić information content (AvgIpc) is 3.16. The second-order valence-electron chi connectivity index (χ2n) is 7.23. The molecule has 4 heteroatoms. The maximum absolute atomic E-state index is 10.4. The number of methoxy groups -OCH3 is 1. The van der Waals surface area contributed by atoms with E-state index in [0.717, 1.165) is 16.7 Å². The molecule has 1 heterocycles. The standard InChI is InChI=1S/C25H26O4/c1-27-24-17-22(26)23(29-24)18-28-25(19-11-5-2-6-12-19,20-13-7-3-8-14-20)21-15-9-4-10-16-21/h2-16,22-24,26H,17-18H2,1H3/t22-,23+,24?/m0/s1. The van der Waals surface area contributed by atoms with Gasteiger partial charge in [0.15, 0.2) is 6.29 Å². The van der Waals surface area contributed by atoms with Crippen LogP contribution in [0.2, 0.25) is 0 Å². The maximum atomic E-state index is 10.4. The van der Waals surface area contributed by atoms with E-state index in [2.05, 4.69) is 36.4 Å². The van der Waals surface area contributed by atoms with E-state index in [0.29, 0.717) is 6.42 Å². The zero-order valence-corrected chi connectivity index (χ0v) is 16.5. The van der Waals surface area contributed by atoms with Gasteiger partial charge in [-0.05, 0) is 16.7 Å². The fourth-order valence-electron chi connectivity index (χ4n) is 3.97. The Morgan fingerprint density at radius 3 is 1.66 bits per heavy atom. The van der Waals surface area contributed by atoms with Crippen molar-refractivity contribution < 1.29 is 19.3 Å². The zero-order chi connectivity index (χ0) is 20.1. The summed E-state index contributed by atoms with van der Waals surface area (Å²) in [6.45, 7) is 0.236. The molecule has 0 aromatic heterocycles. The first kappa shape index (κ1) is 19.8. The zero-order valence-electron chi connectivity index (χ0n) is 16.5. The van der Waals surface area contributed by atoms with Crippen molar-refractivity contribution in [3.8, 4) is 0 Å². The minimum absolute atomic E-state index is 0.236. The predicted molar refractivity (Wildman–Crippen MR) is 111 cm³/mol. The SMILES string of the molecule is COC1C[C@H](O)[C@@H](COC(c2ccccc2)(c2ccccc2)c2ccccc2)O1. The quantitative estimate of drug-likeness (QED) is 0.617. The molecule has 1 aliphatic rings. The fraction of sp³-hybridized carbons (Fsp3) is 0.280. The molecule has 1 saturated heterocycles. The summed E-state index contributed by atoms with van der Waals surface area (Å²) in [5, 5.41) is 10.4. The van der Waals surface area contributed by atoms with Gasteiger partial charge in [0.2, 0.25) is 0 Å². The van der Waals surface area contributed by atoms with Crippen molar-refractivity contribution in [3.05, 3.63) is 108 Å². The van der Waals surface area contributed by atoms with Gasteiger partial charge in [0.25, 0.3) is 0 Å². The second-order valence-corrected chi connectivity index (χ2v) is 7.23. The first-order valence-corrected chi connectivity index (χ1v) is 9.91. The molecular formula is C25H26O4. The van der Waals surface area contributed by atoms with Crippen molar-refractivity contribution in [1.29, 1.82) is 0 Å². The Bertz CT molecular complexity index is 786. The Morgan fingerprint density at radius 1 is 0.828 bits per heavy atom. The first-order valence-electron chi connectivity index (χ1n) is 9.91. The van der Waals surface area contributed by atoms with Gasteiger partial charge in [-0.15, -0.1) is 0 Å². The van der Waals surface area contributed by atoms with E-state index in [1.165, 1.54) is 0 Å². The lowest BCUT2D eigenvalue weighted by Gasteiger charge is -2.37. The van der Waals surface area contributed by atoms with Crippen LogP contribution in [0.15, 0.2) is 91.0 Å². The Labute approximate surface area is 171 Å². The third kappa shape index (κ3) is 3.98. The molecule has 0 bridgehead atoms.